The van der Waals surface area contributed by atoms with Crippen LogP contribution in [0, 0.1) is 0 Å². The van der Waals surface area contributed by atoms with Gasteiger partial charge >= 0.3 is 0 Å². The SMILES string of the molecule is CCC(C)(O)CCCCCCCc1ccc(Cl)cc1. The zero-order chi connectivity index (χ0) is 14.1. The summed E-state index contributed by atoms with van der Waals surface area (Å²) in [7, 11) is 0. The summed E-state index contributed by atoms with van der Waals surface area (Å²) in [5.41, 5.74) is 0.918. The Morgan fingerprint density at radius 1 is 1.00 bits per heavy atom. The Morgan fingerprint density at radius 3 is 2.21 bits per heavy atom. The molecule has 1 aromatic carbocycles. The molecular formula is C17H27ClO. The third-order valence-corrected chi connectivity index (χ3v) is 4.11. The number of aryl methyl sites for hydroxylation is 1. The molecule has 0 amide bonds. The molecule has 0 fully saturated rings. The van der Waals surface area contributed by atoms with E-state index in [-0.39, 0.29) is 0 Å². The predicted octanol–water partition coefficient (Wildman–Crippen LogP) is 5.38. The summed E-state index contributed by atoms with van der Waals surface area (Å²) in [5.74, 6) is 0. The van der Waals surface area contributed by atoms with Gasteiger partial charge in [-0.25, -0.2) is 0 Å². The van der Waals surface area contributed by atoms with Crippen LogP contribution in [0.5, 0.6) is 0 Å². The molecule has 1 nitrogen and oxygen atoms in total. The third-order valence-electron chi connectivity index (χ3n) is 3.86. The number of aliphatic hydroxyl groups is 1. The molecule has 1 unspecified atom stereocenters. The molecule has 1 atom stereocenters. The second-order valence-corrected chi connectivity index (χ2v) is 6.18. The average molecular weight is 283 g/mol. The summed E-state index contributed by atoms with van der Waals surface area (Å²) >= 11 is 5.86. The van der Waals surface area contributed by atoms with E-state index >= 15 is 0 Å². The van der Waals surface area contributed by atoms with E-state index in [9.17, 15) is 5.11 Å². The van der Waals surface area contributed by atoms with E-state index < -0.39 is 5.60 Å². The molecular weight excluding hydrogens is 256 g/mol. The van der Waals surface area contributed by atoms with Crippen LogP contribution in [0.2, 0.25) is 5.02 Å². The van der Waals surface area contributed by atoms with Crippen molar-refractivity contribution in [3.05, 3.63) is 34.9 Å². The number of hydrogen-bond acceptors (Lipinski definition) is 1. The summed E-state index contributed by atoms with van der Waals surface area (Å²) in [6, 6.07) is 8.15. The van der Waals surface area contributed by atoms with Crippen molar-refractivity contribution in [2.24, 2.45) is 0 Å². The van der Waals surface area contributed by atoms with Crippen LogP contribution in [0.3, 0.4) is 0 Å². The highest BCUT2D eigenvalue weighted by Crippen LogP contribution is 2.19. The molecule has 0 aliphatic heterocycles. The van der Waals surface area contributed by atoms with E-state index in [1.54, 1.807) is 0 Å². The van der Waals surface area contributed by atoms with Gasteiger partial charge in [-0.15, -0.1) is 0 Å². The maximum atomic E-state index is 9.89. The lowest BCUT2D eigenvalue weighted by molar-refractivity contribution is 0.0442. The molecule has 0 aromatic heterocycles. The second kappa shape index (κ2) is 8.60. The Labute approximate surface area is 123 Å². The van der Waals surface area contributed by atoms with E-state index in [2.05, 4.69) is 12.1 Å². The lowest BCUT2D eigenvalue weighted by Gasteiger charge is -2.20. The Hall–Kier alpha value is -0.530. The number of rotatable bonds is 9. The fraction of sp³-hybridized carbons (Fsp3) is 0.647. The van der Waals surface area contributed by atoms with Gasteiger partial charge in [0.2, 0.25) is 0 Å². The molecule has 1 N–H and O–H groups in total. The molecule has 0 saturated heterocycles. The van der Waals surface area contributed by atoms with Crippen molar-refractivity contribution in [2.45, 2.75) is 70.8 Å². The molecule has 0 bridgehead atoms. The van der Waals surface area contributed by atoms with Crippen molar-refractivity contribution < 1.29 is 5.11 Å². The summed E-state index contributed by atoms with van der Waals surface area (Å²) in [6.07, 6.45) is 9.09. The minimum absolute atomic E-state index is 0.455. The van der Waals surface area contributed by atoms with Gasteiger partial charge in [-0.2, -0.15) is 0 Å². The van der Waals surface area contributed by atoms with Crippen molar-refractivity contribution >= 4 is 11.6 Å². The zero-order valence-electron chi connectivity index (χ0n) is 12.3. The van der Waals surface area contributed by atoms with Crippen molar-refractivity contribution in [1.29, 1.82) is 0 Å². The minimum Gasteiger partial charge on any atom is -0.390 e. The summed E-state index contributed by atoms with van der Waals surface area (Å²) in [5, 5.41) is 10.7. The topological polar surface area (TPSA) is 20.2 Å². The largest absolute Gasteiger partial charge is 0.390 e. The maximum Gasteiger partial charge on any atom is 0.0617 e. The van der Waals surface area contributed by atoms with E-state index in [0.717, 1.165) is 30.7 Å². The quantitative estimate of drug-likeness (QED) is 0.603. The van der Waals surface area contributed by atoms with Crippen LogP contribution in [-0.4, -0.2) is 10.7 Å². The first-order valence-electron chi connectivity index (χ1n) is 7.50. The molecule has 0 spiro atoms. The molecule has 1 rings (SSSR count). The highest BCUT2D eigenvalue weighted by atomic mass is 35.5. The Kier molecular flexibility index (Phi) is 7.48. The lowest BCUT2D eigenvalue weighted by Crippen LogP contribution is -2.22. The van der Waals surface area contributed by atoms with Gasteiger partial charge < -0.3 is 5.11 Å². The van der Waals surface area contributed by atoms with Crippen LogP contribution in [-0.2, 0) is 6.42 Å². The molecule has 108 valence electrons. The predicted molar refractivity (Wildman–Crippen MR) is 83.8 cm³/mol. The minimum atomic E-state index is -0.455. The summed E-state index contributed by atoms with van der Waals surface area (Å²) in [4.78, 5) is 0. The Balaban J connectivity index is 2.01. The molecule has 1 aromatic rings. The van der Waals surface area contributed by atoms with Crippen molar-refractivity contribution in [3.63, 3.8) is 0 Å². The van der Waals surface area contributed by atoms with Gasteiger partial charge in [0.1, 0.15) is 0 Å². The number of unbranched alkanes of at least 4 members (excludes halogenated alkanes) is 4. The van der Waals surface area contributed by atoms with Crippen LogP contribution in [0.25, 0.3) is 0 Å². The number of hydrogen-bond donors (Lipinski definition) is 1. The monoisotopic (exact) mass is 282 g/mol. The van der Waals surface area contributed by atoms with Gasteiger partial charge in [-0.3, -0.25) is 0 Å². The molecule has 0 saturated carbocycles. The van der Waals surface area contributed by atoms with Crippen LogP contribution < -0.4 is 0 Å². The van der Waals surface area contributed by atoms with Gasteiger partial charge in [0.15, 0.2) is 0 Å². The van der Waals surface area contributed by atoms with E-state index in [4.69, 9.17) is 11.6 Å². The van der Waals surface area contributed by atoms with E-state index in [1.165, 1.54) is 31.2 Å². The molecule has 0 radical (unpaired) electrons. The number of benzene rings is 1. The lowest BCUT2D eigenvalue weighted by atomic mass is 9.95. The van der Waals surface area contributed by atoms with E-state index in [1.807, 2.05) is 26.0 Å². The Morgan fingerprint density at radius 2 is 1.58 bits per heavy atom. The standard InChI is InChI=1S/C17H27ClO/c1-3-17(2,19)14-8-6-4-5-7-9-15-10-12-16(18)13-11-15/h10-13,19H,3-9,14H2,1-2H3. The fourth-order valence-electron chi connectivity index (χ4n) is 2.19. The van der Waals surface area contributed by atoms with Crippen LogP contribution in [0.1, 0.15) is 64.4 Å². The molecule has 2 heteroatoms. The Bertz CT molecular complexity index is 343. The average Bonchev–Trinajstić information content (AvgIpc) is 2.40. The highest BCUT2D eigenvalue weighted by Gasteiger charge is 2.15. The first-order valence-corrected chi connectivity index (χ1v) is 7.88. The first-order chi connectivity index (χ1) is 9.03. The molecule has 19 heavy (non-hydrogen) atoms. The van der Waals surface area contributed by atoms with Crippen molar-refractivity contribution in [2.75, 3.05) is 0 Å². The molecule has 0 heterocycles. The van der Waals surface area contributed by atoms with Crippen molar-refractivity contribution in [3.8, 4) is 0 Å². The maximum absolute atomic E-state index is 9.89. The van der Waals surface area contributed by atoms with Gasteiger partial charge in [0.05, 0.1) is 5.60 Å². The summed E-state index contributed by atoms with van der Waals surface area (Å²) in [6.45, 7) is 3.99. The molecule has 0 aliphatic carbocycles. The highest BCUT2D eigenvalue weighted by molar-refractivity contribution is 6.30. The third kappa shape index (κ3) is 7.59. The van der Waals surface area contributed by atoms with Crippen LogP contribution in [0.4, 0.5) is 0 Å². The smallest absolute Gasteiger partial charge is 0.0617 e. The van der Waals surface area contributed by atoms with Crippen molar-refractivity contribution in [1.82, 2.24) is 0 Å². The van der Waals surface area contributed by atoms with E-state index in [0.29, 0.717) is 0 Å². The van der Waals surface area contributed by atoms with Gasteiger partial charge in [-0.05, 0) is 50.3 Å². The second-order valence-electron chi connectivity index (χ2n) is 5.74. The zero-order valence-corrected chi connectivity index (χ0v) is 13.0. The first kappa shape index (κ1) is 16.5. The van der Waals surface area contributed by atoms with Crippen LogP contribution in [0.15, 0.2) is 24.3 Å². The fourth-order valence-corrected chi connectivity index (χ4v) is 2.32. The normalized spacial score (nSPS) is 14.3. The van der Waals surface area contributed by atoms with Crippen LogP contribution >= 0.6 is 11.6 Å². The molecule has 0 aliphatic rings. The number of halogens is 1. The van der Waals surface area contributed by atoms with Gasteiger partial charge in [0, 0.05) is 5.02 Å². The van der Waals surface area contributed by atoms with Gasteiger partial charge in [-0.1, -0.05) is 56.3 Å². The van der Waals surface area contributed by atoms with Gasteiger partial charge in [0.25, 0.3) is 0 Å². The summed E-state index contributed by atoms with van der Waals surface area (Å²) < 4.78 is 0.